The molecule has 1 aromatic heterocycles. The van der Waals surface area contributed by atoms with Crippen molar-refractivity contribution in [1.29, 1.82) is 0 Å². The van der Waals surface area contributed by atoms with Crippen molar-refractivity contribution in [3.63, 3.8) is 0 Å². The second-order valence-electron chi connectivity index (χ2n) is 9.13. The first-order chi connectivity index (χ1) is 19.5. The summed E-state index contributed by atoms with van der Waals surface area (Å²) < 4.78 is 16.0. The number of hydrogen-bond donors (Lipinski definition) is 5. The van der Waals surface area contributed by atoms with E-state index in [2.05, 4.69) is 36.2 Å². The summed E-state index contributed by atoms with van der Waals surface area (Å²) in [5, 5.41) is 12.6. The van der Waals surface area contributed by atoms with Gasteiger partial charge in [0, 0.05) is 37.8 Å². The van der Waals surface area contributed by atoms with Gasteiger partial charge in [0.05, 0.1) is 33.5 Å². The molecule has 3 rings (SSSR count). The lowest BCUT2D eigenvalue weighted by Gasteiger charge is -2.13. The maximum absolute atomic E-state index is 12.4. The highest BCUT2D eigenvalue weighted by Crippen LogP contribution is 2.16. The van der Waals surface area contributed by atoms with Gasteiger partial charge in [0.25, 0.3) is 5.91 Å². The quantitative estimate of drug-likeness (QED) is 0.148. The first-order valence-corrected chi connectivity index (χ1v) is 13.3. The summed E-state index contributed by atoms with van der Waals surface area (Å²) in [7, 11) is 1.64. The van der Waals surface area contributed by atoms with Crippen LogP contribution in [0.2, 0.25) is 0 Å². The van der Waals surface area contributed by atoms with Gasteiger partial charge in [-0.05, 0) is 49.2 Å². The van der Waals surface area contributed by atoms with Crippen LogP contribution >= 0.6 is 0 Å². The van der Waals surface area contributed by atoms with Crippen LogP contribution in [-0.4, -0.2) is 73.5 Å². The van der Waals surface area contributed by atoms with Gasteiger partial charge in [-0.25, -0.2) is 0 Å². The van der Waals surface area contributed by atoms with E-state index in [9.17, 15) is 4.79 Å². The number of nitrogens with zero attached hydrogens (tertiary/aromatic N) is 3. The number of nitrogens with one attached hydrogen (secondary N) is 4. The van der Waals surface area contributed by atoms with Crippen molar-refractivity contribution in [1.82, 2.24) is 20.3 Å². The third-order valence-electron chi connectivity index (χ3n) is 5.47. The molecule has 1 heterocycles. The number of aromatic nitrogens is 3. The predicted molar refractivity (Wildman–Crippen MR) is 156 cm³/mol. The summed E-state index contributed by atoms with van der Waals surface area (Å²) in [6.07, 6.45) is 0. The lowest BCUT2D eigenvalue weighted by atomic mass is 10.1. The molecule has 0 fully saturated rings. The van der Waals surface area contributed by atoms with Gasteiger partial charge in [-0.3, -0.25) is 4.79 Å². The highest BCUT2D eigenvalue weighted by Gasteiger charge is 2.09. The maximum Gasteiger partial charge on any atom is 0.251 e. The Kier molecular flexibility index (Phi) is 12.9. The molecule has 0 bridgehead atoms. The van der Waals surface area contributed by atoms with Gasteiger partial charge < -0.3 is 41.2 Å². The SMILES string of the molecule is COc1cccc(CNc2nc(NCc3ccc(C(=O)NCCOCCOCCN)cc3)nc(NC(C)C)n2)c1. The Morgan fingerprint density at radius 3 is 2.15 bits per heavy atom. The van der Waals surface area contributed by atoms with Crippen LogP contribution in [0.3, 0.4) is 0 Å². The average molecular weight is 553 g/mol. The van der Waals surface area contributed by atoms with Gasteiger partial charge in [0.15, 0.2) is 0 Å². The third kappa shape index (κ3) is 11.0. The number of benzene rings is 2. The van der Waals surface area contributed by atoms with Gasteiger partial charge in [-0.1, -0.05) is 24.3 Å². The summed E-state index contributed by atoms with van der Waals surface area (Å²) in [5.41, 5.74) is 7.94. The van der Waals surface area contributed by atoms with Gasteiger partial charge in [-0.2, -0.15) is 15.0 Å². The van der Waals surface area contributed by atoms with Crippen LogP contribution in [0, 0.1) is 0 Å². The molecule has 6 N–H and O–H groups in total. The van der Waals surface area contributed by atoms with E-state index >= 15 is 0 Å². The number of methoxy groups -OCH3 is 1. The highest BCUT2D eigenvalue weighted by molar-refractivity contribution is 5.94. The second-order valence-corrected chi connectivity index (χ2v) is 9.13. The molecule has 12 nitrogen and oxygen atoms in total. The molecule has 216 valence electrons. The van der Waals surface area contributed by atoms with Crippen molar-refractivity contribution in [3.8, 4) is 5.75 Å². The molecule has 0 aliphatic rings. The number of rotatable bonds is 18. The van der Waals surface area contributed by atoms with Gasteiger partial charge in [0.1, 0.15) is 5.75 Å². The second kappa shape index (κ2) is 16.9. The van der Waals surface area contributed by atoms with Crippen LogP contribution < -0.4 is 31.7 Å². The zero-order chi connectivity index (χ0) is 28.6. The fourth-order valence-corrected chi connectivity index (χ4v) is 3.52. The Morgan fingerprint density at radius 1 is 0.850 bits per heavy atom. The van der Waals surface area contributed by atoms with Crippen LogP contribution in [0.15, 0.2) is 48.5 Å². The van der Waals surface area contributed by atoms with Gasteiger partial charge in [0.2, 0.25) is 17.8 Å². The smallest absolute Gasteiger partial charge is 0.251 e. The third-order valence-corrected chi connectivity index (χ3v) is 5.47. The summed E-state index contributed by atoms with van der Waals surface area (Å²) in [4.78, 5) is 25.9. The zero-order valence-corrected chi connectivity index (χ0v) is 23.4. The molecular weight excluding hydrogens is 512 g/mol. The largest absolute Gasteiger partial charge is 0.497 e. The zero-order valence-electron chi connectivity index (χ0n) is 23.4. The Morgan fingerprint density at radius 2 is 1.50 bits per heavy atom. The molecule has 0 aliphatic heterocycles. The van der Waals surface area contributed by atoms with Crippen LogP contribution in [0.5, 0.6) is 5.75 Å². The molecule has 0 radical (unpaired) electrons. The van der Waals surface area contributed by atoms with E-state index in [1.807, 2.05) is 50.2 Å². The van der Waals surface area contributed by atoms with E-state index in [4.69, 9.17) is 19.9 Å². The Bertz CT molecular complexity index is 1180. The minimum atomic E-state index is -0.156. The fraction of sp³-hybridized carbons (Fsp3) is 0.429. The maximum atomic E-state index is 12.4. The molecule has 2 aromatic carbocycles. The Balaban J connectivity index is 1.51. The average Bonchev–Trinajstić information content (AvgIpc) is 2.96. The summed E-state index contributed by atoms with van der Waals surface area (Å²) in [5.74, 6) is 1.98. The molecule has 0 saturated heterocycles. The molecule has 0 spiro atoms. The van der Waals surface area contributed by atoms with Crippen LogP contribution in [0.1, 0.15) is 35.3 Å². The number of nitrogens with two attached hydrogens (primary N) is 1. The van der Waals surface area contributed by atoms with Crippen LogP contribution in [0.4, 0.5) is 17.8 Å². The molecular formula is C28H40N8O4. The van der Waals surface area contributed by atoms with Crippen molar-refractivity contribution in [3.05, 3.63) is 65.2 Å². The number of carbonyl (C=O) groups is 1. The van der Waals surface area contributed by atoms with Gasteiger partial charge >= 0.3 is 0 Å². The molecule has 0 aliphatic carbocycles. The summed E-state index contributed by atoms with van der Waals surface area (Å²) in [6, 6.07) is 15.3. The minimum Gasteiger partial charge on any atom is -0.497 e. The lowest BCUT2D eigenvalue weighted by molar-refractivity contribution is 0.0511. The van der Waals surface area contributed by atoms with Crippen molar-refractivity contribution in [2.75, 3.05) is 62.6 Å². The molecule has 12 heteroatoms. The number of amides is 1. The Hall–Kier alpha value is -4.00. The van der Waals surface area contributed by atoms with E-state index < -0.39 is 0 Å². The van der Waals surface area contributed by atoms with Crippen molar-refractivity contribution in [2.45, 2.75) is 33.0 Å². The number of carbonyl (C=O) groups excluding carboxylic acids is 1. The Labute approximate surface area is 235 Å². The molecule has 3 aromatic rings. The molecule has 0 atom stereocenters. The minimum absolute atomic E-state index is 0.155. The van der Waals surface area contributed by atoms with E-state index in [0.29, 0.717) is 76.0 Å². The first-order valence-electron chi connectivity index (χ1n) is 13.3. The fourth-order valence-electron chi connectivity index (χ4n) is 3.52. The monoisotopic (exact) mass is 552 g/mol. The summed E-state index contributed by atoms with van der Waals surface area (Å²) >= 11 is 0. The van der Waals surface area contributed by atoms with Crippen molar-refractivity contribution in [2.24, 2.45) is 5.73 Å². The lowest BCUT2D eigenvalue weighted by Crippen LogP contribution is -2.27. The molecule has 0 unspecified atom stereocenters. The molecule has 1 amide bonds. The molecule has 0 saturated carbocycles. The van der Waals surface area contributed by atoms with Gasteiger partial charge in [-0.15, -0.1) is 0 Å². The highest BCUT2D eigenvalue weighted by atomic mass is 16.5. The predicted octanol–water partition coefficient (Wildman–Crippen LogP) is 2.65. The van der Waals surface area contributed by atoms with E-state index in [1.54, 1.807) is 19.2 Å². The number of hydrogen-bond acceptors (Lipinski definition) is 11. The van der Waals surface area contributed by atoms with Crippen LogP contribution in [-0.2, 0) is 22.6 Å². The first kappa shape index (κ1) is 30.5. The van der Waals surface area contributed by atoms with E-state index in [1.165, 1.54) is 0 Å². The van der Waals surface area contributed by atoms with Crippen molar-refractivity contribution >= 4 is 23.8 Å². The summed E-state index contributed by atoms with van der Waals surface area (Å²) in [6.45, 7) is 7.83. The number of ether oxygens (including phenoxy) is 3. The standard InChI is InChI=1S/C28H40N8O4/c1-20(2)33-28-35-26(34-27(36-28)32-19-22-5-4-6-24(17-22)38-3)31-18-21-7-9-23(10-8-21)25(37)30-12-14-40-16-15-39-13-11-29/h4-10,17,20H,11-16,18-19,29H2,1-3H3,(H,30,37)(H3,31,32,33,34,35,36). The van der Waals surface area contributed by atoms with Crippen LogP contribution in [0.25, 0.3) is 0 Å². The molecule has 40 heavy (non-hydrogen) atoms. The van der Waals surface area contributed by atoms with E-state index in [-0.39, 0.29) is 11.9 Å². The van der Waals surface area contributed by atoms with Crippen molar-refractivity contribution < 1.29 is 19.0 Å². The normalized spacial score (nSPS) is 10.8. The number of anilines is 3. The van der Waals surface area contributed by atoms with E-state index in [0.717, 1.165) is 16.9 Å². The topological polar surface area (TPSA) is 158 Å².